The third-order valence-corrected chi connectivity index (χ3v) is 4.44. The molecule has 25 heavy (non-hydrogen) atoms. The first kappa shape index (κ1) is 17.2. The summed E-state index contributed by atoms with van der Waals surface area (Å²) in [4.78, 5) is 29.9. The first-order chi connectivity index (χ1) is 12.0. The second-order valence-electron chi connectivity index (χ2n) is 5.71. The van der Waals surface area contributed by atoms with Crippen LogP contribution in [0.1, 0.15) is 5.56 Å². The molecule has 0 amide bonds. The summed E-state index contributed by atoms with van der Waals surface area (Å²) < 4.78 is 4.16. The van der Waals surface area contributed by atoms with E-state index in [-0.39, 0.29) is 6.54 Å². The van der Waals surface area contributed by atoms with E-state index in [9.17, 15) is 9.59 Å². The molecular formula is C16H19ClN6O2. The molecule has 0 atom stereocenters. The molecular weight excluding hydrogens is 344 g/mol. The summed E-state index contributed by atoms with van der Waals surface area (Å²) in [7, 11) is 3.31. The van der Waals surface area contributed by atoms with Gasteiger partial charge in [-0.05, 0) is 11.6 Å². The molecule has 0 aliphatic carbocycles. The zero-order valence-electron chi connectivity index (χ0n) is 14.0. The summed E-state index contributed by atoms with van der Waals surface area (Å²) in [5.74, 6) is 0.489. The standard InChI is InChI=1S/C16H19ClN6O2/c1-21-12-13(20-15(21)19-8-7-18)22(2)16(25)23(14(12)24)9-10-5-3-4-6-11(10)17/h3-6H,7-9,18H2,1-2H3,(H,19,20). The minimum absolute atomic E-state index is 0.0951. The number of nitrogens with two attached hydrogens (primary N) is 1. The van der Waals surface area contributed by atoms with Crippen molar-refractivity contribution < 1.29 is 0 Å². The number of aromatic nitrogens is 4. The van der Waals surface area contributed by atoms with Gasteiger partial charge in [0.05, 0.1) is 6.54 Å². The van der Waals surface area contributed by atoms with Crippen molar-refractivity contribution in [3.63, 3.8) is 0 Å². The number of hydrogen-bond donors (Lipinski definition) is 2. The van der Waals surface area contributed by atoms with Gasteiger partial charge in [0, 0.05) is 32.2 Å². The normalized spacial score (nSPS) is 11.2. The number of halogens is 1. The van der Waals surface area contributed by atoms with Gasteiger partial charge in [-0.25, -0.2) is 4.79 Å². The molecule has 2 heterocycles. The van der Waals surface area contributed by atoms with Crippen molar-refractivity contribution in [2.75, 3.05) is 18.4 Å². The number of imidazole rings is 1. The molecule has 0 aliphatic heterocycles. The van der Waals surface area contributed by atoms with Crippen LogP contribution in [0.15, 0.2) is 33.9 Å². The topological polar surface area (TPSA) is 99.9 Å². The Bertz CT molecular complexity index is 1050. The second-order valence-corrected chi connectivity index (χ2v) is 6.11. The Morgan fingerprint density at radius 3 is 2.60 bits per heavy atom. The molecule has 0 aliphatic rings. The summed E-state index contributed by atoms with van der Waals surface area (Å²) in [5.41, 5.74) is 6.01. The zero-order chi connectivity index (χ0) is 18.1. The van der Waals surface area contributed by atoms with Crippen LogP contribution in [0.3, 0.4) is 0 Å². The number of aryl methyl sites for hydroxylation is 2. The molecule has 9 heteroatoms. The highest BCUT2D eigenvalue weighted by atomic mass is 35.5. The zero-order valence-corrected chi connectivity index (χ0v) is 14.7. The molecule has 8 nitrogen and oxygen atoms in total. The Hall–Kier alpha value is -2.58. The van der Waals surface area contributed by atoms with Crippen LogP contribution in [0.4, 0.5) is 5.95 Å². The van der Waals surface area contributed by atoms with Crippen LogP contribution >= 0.6 is 11.6 Å². The van der Waals surface area contributed by atoms with E-state index in [2.05, 4.69) is 10.3 Å². The molecule has 3 rings (SSSR count). The average Bonchev–Trinajstić information content (AvgIpc) is 2.93. The number of fused-ring (bicyclic) bond motifs is 1. The number of anilines is 1. The van der Waals surface area contributed by atoms with Gasteiger partial charge in [-0.2, -0.15) is 4.98 Å². The molecule has 0 fully saturated rings. The van der Waals surface area contributed by atoms with Gasteiger partial charge < -0.3 is 15.6 Å². The van der Waals surface area contributed by atoms with Crippen LogP contribution in [0.2, 0.25) is 5.02 Å². The van der Waals surface area contributed by atoms with Gasteiger partial charge >= 0.3 is 5.69 Å². The van der Waals surface area contributed by atoms with E-state index in [0.717, 1.165) is 4.57 Å². The number of nitrogens with one attached hydrogen (secondary N) is 1. The van der Waals surface area contributed by atoms with E-state index >= 15 is 0 Å². The van der Waals surface area contributed by atoms with E-state index in [1.165, 1.54) is 4.57 Å². The van der Waals surface area contributed by atoms with E-state index < -0.39 is 11.2 Å². The number of benzene rings is 1. The molecule has 0 unspecified atom stereocenters. The smallest absolute Gasteiger partial charge is 0.332 e. The fraction of sp³-hybridized carbons (Fsp3) is 0.312. The summed E-state index contributed by atoms with van der Waals surface area (Å²) in [6.07, 6.45) is 0. The number of rotatable bonds is 5. The Labute approximate surface area is 148 Å². The summed E-state index contributed by atoms with van der Waals surface area (Å²) in [6, 6.07) is 7.13. The highest BCUT2D eigenvalue weighted by Crippen LogP contribution is 2.16. The third kappa shape index (κ3) is 2.94. The molecule has 0 radical (unpaired) electrons. The van der Waals surface area contributed by atoms with Gasteiger partial charge in [0.15, 0.2) is 11.2 Å². The van der Waals surface area contributed by atoms with E-state index in [4.69, 9.17) is 17.3 Å². The minimum atomic E-state index is -0.444. The van der Waals surface area contributed by atoms with Gasteiger partial charge in [-0.1, -0.05) is 29.8 Å². The van der Waals surface area contributed by atoms with Crippen molar-refractivity contribution in [3.8, 4) is 0 Å². The van der Waals surface area contributed by atoms with Crippen LogP contribution in [-0.4, -0.2) is 31.8 Å². The predicted molar refractivity (Wildman–Crippen MR) is 98.3 cm³/mol. The Morgan fingerprint density at radius 1 is 1.20 bits per heavy atom. The predicted octanol–water partition coefficient (Wildman–Crippen LogP) is 0.506. The molecule has 3 N–H and O–H groups in total. The fourth-order valence-corrected chi connectivity index (χ4v) is 2.92. The Morgan fingerprint density at radius 2 is 1.92 bits per heavy atom. The van der Waals surface area contributed by atoms with Crippen molar-refractivity contribution in [3.05, 3.63) is 55.7 Å². The lowest BCUT2D eigenvalue weighted by Gasteiger charge is -2.09. The van der Waals surface area contributed by atoms with Gasteiger partial charge in [0.2, 0.25) is 5.95 Å². The van der Waals surface area contributed by atoms with Gasteiger partial charge in [0.1, 0.15) is 0 Å². The maximum Gasteiger partial charge on any atom is 0.332 e. The summed E-state index contributed by atoms with van der Waals surface area (Å²) >= 11 is 6.17. The van der Waals surface area contributed by atoms with E-state index in [1.54, 1.807) is 36.9 Å². The van der Waals surface area contributed by atoms with Crippen molar-refractivity contribution in [1.29, 1.82) is 0 Å². The van der Waals surface area contributed by atoms with Crippen molar-refractivity contribution in [2.45, 2.75) is 6.54 Å². The van der Waals surface area contributed by atoms with Crippen LogP contribution < -0.4 is 22.3 Å². The van der Waals surface area contributed by atoms with Crippen molar-refractivity contribution in [1.82, 2.24) is 18.7 Å². The van der Waals surface area contributed by atoms with Gasteiger partial charge in [0.25, 0.3) is 5.56 Å². The van der Waals surface area contributed by atoms with E-state index in [0.29, 0.717) is 40.8 Å². The highest BCUT2D eigenvalue weighted by Gasteiger charge is 2.18. The van der Waals surface area contributed by atoms with Crippen molar-refractivity contribution in [2.24, 2.45) is 19.8 Å². The maximum absolute atomic E-state index is 12.9. The molecule has 0 saturated heterocycles. The molecule has 132 valence electrons. The summed E-state index contributed by atoms with van der Waals surface area (Å²) in [5, 5.41) is 3.55. The highest BCUT2D eigenvalue weighted by molar-refractivity contribution is 6.31. The Balaban J connectivity index is 2.21. The van der Waals surface area contributed by atoms with Crippen LogP contribution in [-0.2, 0) is 20.6 Å². The first-order valence-electron chi connectivity index (χ1n) is 7.79. The summed E-state index contributed by atoms with van der Waals surface area (Å²) in [6.45, 7) is 1.04. The SMILES string of the molecule is Cn1c(NCCN)nc2c1c(=O)n(Cc1ccccc1Cl)c(=O)n2C. The first-order valence-corrected chi connectivity index (χ1v) is 8.17. The molecule has 3 aromatic rings. The van der Waals surface area contributed by atoms with Crippen LogP contribution in [0, 0.1) is 0 Å². The van der Waals surface area contributed by atoms with E-state index in [1.807, 2.05) is 6.07 Å². The monoisotopic (exact) mass is 362 g/mol. The molecule has 0 bridgehead atoms. The average molecular weight is 363 g/mol. The molecule has 2 aromatic heterocycles. The third-order valence-electron chi connectivity index (χ3n) is 4.07. The lowest BCUT2D eigenvalue weighted by atomic mass is 10.2. The fourth-order valence-electron chi connectivity index (χ4n) is 2.72. The lowest BCUT2D eigenvalue weighted by molar-refractivity contribution is 0.655. The Kier molecular flexibility index (Phi) is 4.65. The van der Waals surface area contributed by atoms with Gasteiger partial charge in [-0.15, -0.1) is 0 Å². The number of hydrogen-bond acceptors (Lipinski definition) is 5. The van der Waals surface area contributed by atoms with Crippen LogP contribution in [0.25, 0.3) is 11.2 Å². The molecule has 1 aromatic carbocycles. The minimum Gasteiger partial charge on any atom is -0.354 e. The van der Waals surface area contributed by atoms with Gasteiger partial charge in [-0.3, -0.25) is 13.9 Å². The van der Waals surface area contributed by atoms with Crippen LogP contribution in [0.5, 0.6) is 0 Å². The molecule has 0 saturated carbocycles. The largest absolute Gasteiger partial charge is 0.354 e. The molecule has 0 spiro atoms. The maximum atomic E-state index is 12.9. The quantitative estimate of drug-likeness (QED) is 0.688. The number of nitrogens with zero attached hydrogens (tertiary/aromatic N) is 4. The van der Waals surface area contributed by atoms with Crippen molar-refractivity contribution >= 4 is 28.7 Å². The lowest BCUT2D eigenvalue weighted by Crippen LogP contribution is -2.39. The second kappa shape index (κ2) is 6.73.